The molecule has 0 aliphatic carbocycles. The number of nitrogens with zero attached hydrogens (tertiary/aromatic N) is 6. The quantitative estimate of drug-likeness (QED) is 0.729. The molecular weight excluding hydrogens is 324 g/mol. The summed E-state index contributed by atoms with van der Waals surface area (Å²) in [5, 5.41) is 8.93. The molecule has 26 heavy (non-hydrogen) atoms. The zero-order valence-electron chi connectivity index (χ0n) is 14.3. The lowest BCUT2D eigenvalue weighted by Crippen LogP contribution is -2.46. The van der Waals surface area contributed by atoms with Gasteiger partial charge in [-0.05, 0) is 24.3 Å². The summed E-state index contributed by atoms with van der Waals surface area (Å²) in [5.41, 5.74) is 3.64. The molecule has 0 radical (unpaired) electrons. The Morgan fingerprint density at radius 2 is 1.50 bits per heavy atom. The monoisotopic (exact) mass is 342 g/mol. The number of benzene rings is 1. The van der Waals surface area contributed by atoms with Gasteiger partial charge in [0.1, 0.15) is 5.82 Å². The van der Waals surface area contributed by atoms with E-state index in [9.17, 15) is 0 Å². The molecule has 1 aromatic carbocycles. The van der Waals surface area contributed by atoms with Gasteiger partial charge >= 0.3 is 0 Å². The topological polar surface area (TPSA) is 68.9 Å². The van der Waals surface area contributed by atoms with E-state index in [1.807, 2.05) is 42.9 Å². The van der Waals surface area contributed by atoms with Crippen molar-refractivity contribution in [3.63, 3.8) is 0 Å². The Morgan fingerprint density at radius 3 is 2.19 bits per heavy atom. The molecule has 2 aromatic heterocycles. The highest BCUT2D eigenvalue weighted by Crippen LogP contribution is 2.22. The van der Waals surface area contributed by atoms with E-state index < -0.39 is 0 Å². The van der Waals surface area contributed by atoms with Crippen LogP contribution in [-0.4, -0.2) is 41.1 Å². The zero-order chi connectivity index (χ0) is 17.8. The maximum atomic E-state index is 8.93. The average Bonchev–Trinajstić information content (AvgIpc) is 2.75. The average molecular weight is 342 g/mol. The fourth-order valence-corrected chi connectivity index (χ4v) is 3.11. The molecule has 1 aliphatic rings. The summed E-state index contributed by atoms with van der Waals surface area (Å²) in [6.07, 6.45) is 7.23. The normalized spacial score (nSPS) is 14.1. The van der Waals surface area contributed by atoms with Gasteiger partial charge in [0.15, 0.2) is 0 Å². The van der Waals surface area contributed by atoms with Crippen LogP contribution < -0.4 is 9.80 Å². The smallest absolute Gasteiger partial charge is 0.147 e. The van der Waals surface area contributed by atoms with Crippen LogP contribution in [0.2, 0.25) is 0 Å². The highest BCUT2D eigenvalue weighted by molar-refractivity contribution is 5.61. The number of pyridine rings is 1. The number of rotatable bonds is 3. The van der Waals surface area contributed by atoms with Crippen LogP contribution in [0, 0.1) is 11.3 Å². The van der Waals surface area contributed by atoms with Gasteiger partial charge in [-0.3, -0.25) is 9.97 Å². The van der Waals surface area contributed by atoms with Crippen LogP contribution in [0.3, 0.4) is 0 Å². The van der Waals surface area contributed by atoms with Gasteiger partial charge in [-0.15, -0.1) is 0 Å². The molecule has 0 atom stereocenters. The molecule has 0 N–H and O–H groups in total. The maximum Gasteiger partial charge on any atom is 0.147 e. The van der Waals surface area contributed by atoms with E-state index in [4.69, 9.17) is 10.2 Å². The molecule has 0 unspecified atom stereocenters. The van der Waals surface area contributed by atoms with E-state index in [2.05, 4.69) is 25.8 Å². The second-order valence-corrected chi connectivity index (χ2v) is 6.13. The minimum Gasteiger partial charge on any atom is -0.368 e. The Bertz CT molecular complexity index is 909. The summed E-state index contributed by atoms with van der Waals surface area (Å²) in [7, 11) is 0. The molecular formula is C20H18N6. The van der Waals surface area contributed by atoms with Crippen LogP contribution >= 0.6 is 0 Å². The van der Waals surface area contributed by atoms with Gasteiger partial charge in [-0.2, -0.15) is 5.26 Å². The molecule has 3 aromatic rings. The highest BCUT2D eigenvalue weighted by Gasteiger charge is 2.19. The van der Waals surface area contributed by atoms with E-state index in [1.165, 1.54) is 5.69 Å². The van der Waals surface area contributed by atoms with Crippen molar-refractivity contribution in [3.05, 3.63) is 66.7 Å². The first-order valence-corrected chi connectivity index (χ1v) is 8.56. The predicted molar refractivity (Wildman–Crippen MR) is 101 cm³/mol. The SMILES string of the molecule is N#Cc1ccc(-c2cncc(N3CCN(c4ccncc4)CC3)n2)cc1. The van der Waals surface area contributed by atoms with Gasteiger partial charge < -0.3 is 9.80 Å². The Hall–Kier alpha value is -3.46. The number of aromatic nitrogens is 3. The van der Waals surface area contributed by atoms with Gasteiger partial charge in [-0.25, -0.2) is 4.98 Å². The first-order chi connectivity index (χ1) is 12.8. The minimum absolute atomic E-state index is 0.644. The van der Waals surface area contributed by atoms with Gasteiger partial charge in [0, 0.05) is 49.8 Å². The number of anilines is 2. The van der Waals surface area contributed by atoms with Crippen LogP contribution in [-0.2, 0) is 0 Å². The third kappa shape index (κ3) is 3.33. The van der Waals surface area contributed by atoms with E-state index in [0.29, 0.717) is 5.56 Å². The molecule has 0 spiro atoms. The number of hydrogen-bond donors (Lipinski definition) is 0. The Balaban J connectivity index is 1.48. The third-order valence-corrected chi connectivity index (χ3v) is 4.56. The second-order valence-electron chi connectivity index (χ2n) is 6.13. The molecule has 3 heterocycles. The lowest BCUT2D eigenvalue weighted by atomic mass is 10.1. The van der Waals surface area contributed by atoms with Crippen LogP contribution in [0.15, 0.2) is 61.2 Å². The largest absolute Gasteiger partial charge is 0.368 e. The molecule has 128 valence electrons. The second kappa shape index (κ2) is 7.19. The van der Waals surface area contributed by atoms with Crippen molar-refractivity contribution in [2.75, 3.05) is 36.0 Å². The van der Waals surface area contributed by atoms with Gasteiger partial charge in [0.2, 0.25) is 0 Å². The van der Waals surface area contributed by atoms with Crippen molar-refractivity contribution in [1.29, 1.82) is 5.26 Å². The molecule has 6 heteroatoms. The van der Waals surface area contributed by atoms with Crippen molar-refractivity contribution in [2.45, 2.75) is 0 Å². The van der Waals surface area contributed by atoms with Crippen molar-refractivity contribution in [3.8, 4) is 17.3 Å². The molecule has 4 rings (SSSR count). The predicted octanol–water partition coefficient (Wildman–Crippen LogP) is 2.74. The van der Waals surface area contributed by atoms with E-state index in [-0.39, 0.29) is 0 Å². The molecule has 1 fully saturated rings. The van der Waals surface area contributed by atoms with Crippen molar-refractivity contribution >= 4 is 11.5 Å². The molecule has 0 amide bonds. The third-order valence-electron chi connectivity index (χ3n) is 4.56. The summed E-state index contributed by atoms with van der Waals surface area (Å²) in [4.78, 5) is 17.8. The summed E-state index contributed by atoms with van der Waals surface area (Å²) < 4.78 is 0. The van der Waals surface area contributed by atoms with Crippen LogP contribution in [0.4, 0.5) is 11.5 Å². The standard InChI is InChI=1S/C20H18N6/c21-13-16-1-3-17(4-2-16)19-14-23-15-20(24-19)26-11-9-25(10-12-26)18-5-7-22-8-6-18/h1-8,14-15H,9-12H2. The number of nitriles is 1. The van der Waals surface area contributed by atoms with Gasteiger partial charge in [0.05, 0.1) is 29.7 Å². The first kappa shape index (κ1) is 16.0. The molecule has 6 nitrogen and oxygen atoms in total. The van der Waals surface area contributed by atoms with E-state index in [1.54, 1.807) is 18.3 Å². The summed E-state index contributed by atoms with van der Waals surface area (Å²) >= 11 is 0. The lowest BCUT2D eigenvalue weighted by molar-refractivity contribution is 0.646. The number of piperazine rings is 1. The van der Waals surface area contributed by atoms with Crippen molar-refractivity contribution in [1.82, 2.24) is 15.0 Å². The number of hydrogen-bond acceptors (Lipinski definition) is 6. The summed E-state index contributed by atoms with van der Waals surface area (Å²) in [5.74, 6) is 0.890. The van der Waals surface area contributed by atoms with Gasteiger partial charge in [-0.1, -0.05) is 12.1 Å². The molecule has 1 aliphatic heterocycles. The summed E-state index contributed by atoms with van der Waals surface area (Å²) in [6, 6.07) is 13.6. The lowest BCUT2D eigenvalue weighted by Gasteiger charge is -2.36. The minimum atomic E-state index is 0.644. The Kier molecular flexibility index (Phi) is 4.44. The van der Waals surface area contributed by atoms with E-state index in [0.717, 1.165) is 43.3 Å². The van der Waals surface area contributed by atoms with Crippen molar-refractivity contribution in [2.24, 2.45) is 0 Å². The first-order valence-electron chi connectivity index (χ1n) is 8.56. The van der Waals surface area contributed by atoms with Gasteiger partial charge in [0.25, 0.3) is 0 Å². The van der Waals surface area contributed by atoms with Crippen LogP contribution in [0.1, 0.15) is 5.56 Å². The fourth-order valence-electron chi connectivity index (χ4n) is 3.11. The Morgan fingerprint density at radius 1 is 0.808 bits per heavy atom. The zero-order valence-corrected chi connectivity index (χ0v) is 14.3. The highest BCUT2D eigenvalue weighted by atomic mass is 15.3. The molecule has 1 saturated heterocycles. The maximum absolute atomic E-state index is 8.93. The fraction of sp³-hybridized carbons (Fsp3) is 0.200. The molecule has 0 bridgehead atoms. The summed E-state index contributed by atoms with van der Waals surface area (Å²) in [6.45, 7) is 3.67. The van der Waals surface area contributed by atoms with Crippen molar-refractivity contribution < 1.29 is 0 Å². The molecule has 0 saturated carbocycles. The van der Waals surface area contributed by atoms with Crippen LogP contribution in [0.5, 0.6) is 0 Å². The van der Waals surface area contributed by atoms with Crippen LogP contribution in [0.25, 0.3) is 11.3 Å². The Labute approximate surface area is 152 Å². The van der Waals surface area contributed by atoms with E-state index >= 15 is 0 Å².